The van der Waals surface area contributed by atoms with Crippen molar-refractivity contribution < 1.29 is 9.21 Å². The Hall–Kier alpha value is -2.08. The lowest BCUT2D eigenvalue weighted by molar-refractivity contribution is -0.134. The molecular weight excluding hydrogens is 304 g/mol. The molecule has 1 N–H and O–H groups in total. The first kappa shape index (κ1) is 15.4. The molecule has 0 radical (unpaired) electrons. The molecule has 6 heteroatoms. The fourth-order valence-corrected chi connectivity index (χ4v) is 3.56. The van der Waals surface area contributed by atoms with Gasteiger partial charge in [0.15, 0.2) is 5.58 Å². The van der Waals surface area contributed by atoms with E-state index in [0.717, 1.165) is 56.7 Å². The first-order valence-electron chi connectivity index (χ1n) is 8.85. The van der Waals surface area contributed by atoms with Crippen LogP contribution >= 0.6 is 0 Å². The van der Waals surface area contributed by atoms with Gasteiger partial charge in [-0.1, -0.05) is 12.5 Å². The van der Waals surface area contributed by atoms with Crippen LogP contribution in [0.25, 0.3) is 11.1 Å². The summed E-state index contributed by atoms with van der Waals surface area (Å²) >= 11 is 0. The van der Waals surface area contributed by atoms with E-state index in [0.29, 0.717) is 6.01 Å². The Kier molecular flexibility index (Phi) is 4.14. The Labute approximate surface area is 141 Å². The van der Waals surface area contributed by atoms with Crippen LogP contribution in [0.1, 0.15) is 24.8 Å². The van der Waals surface area contributed by atoms with Gasteiger partial charge < -0.3 is 19.5 Å². The van der Waals surface area contributed by atoms with E-state index in [2.05, 4.69) is 22.1 Å². The van der Waals surface area contributed by atoms with Crippen LogP contribution in [0.3, 0.4) is 0 Å². The van der Waals surface area contributed by atoms with E-state index in [-0.39, 0.29) is 11.9 Å². The molecule has 0 unspecified atom stereocenters. The maximum Gasteiger partial charge on any atom is 0.298 e. The average Bonchev–Trinajstić information content (AvgIpc) is 3.05. The summed E-state index contributed by atoms with van der Waals surface area (Å²) in [6.07, 6.45) is 3.28. The molecule has 128 valence electrons. The summed E-state index contributed by atoms with van der Waals surface area (Å²) in [6.45, 7) is 6.01. The molecule has 1 aromatic carbocycles. The van der Waals surface area contributed by atoms with Gasteiger partial charge in [0.2, 0.25) is 5.91 Å². The molecule has 1 atom stereocenters. The van der Waals surface area contributed by atoms with Crippen LogP contribution in [0.4, 0.5) is 6.01 Å². The fourth-order valence-electron chi connectivity index (χ4n) is 3.56. The number of piperazine rings is 1. The first-order chi connectivity index (χ1) is 11.7. The number of hydrogen-bond donors (Lipinski definition) is 1. The number of piperidine rings is 1. The normalized spacial score (nSPS) is 22.1. The molecule has 2 fully saturated rings. The molecule has 2 aromatic rings. The van der Waals surface area contributed by atoms with Gasteiger partial charge >= 0.3 is 0 Å². The molecule has 0 aliphatic carbocycles. The van der Waals surface area contributed by atoms with E-state index in [1.54, 1.807) is 0 Å². The highest BCUT2D eigenvalue weighted by atomic mass is 16.4. The summed E-state index contributed by atoms with van der Waals surface area (Å²) in [7, 11) is 0. The summed E-state index contributed by atoms with van der Waals surface area (Å²) in [5.74, 6) is 0.252. The predicted octanol–water partition coefficient (Wildman–Crippen LogP) is 1.93. The minimum Gasteiger partial charge on any atom is -0.423 e. The summed E-state index contributed by atoms with van der Waals surface area (Å²) in [4.78, 5) is 21.3. The van der Waals surface area contributed by atoms with Crippen LogP contribution in [-0.4, -0.2) is 54.6 Å². The maximum atomic E-state index is 12.6. The molecule has 1 aromatic heterocycles. The summed E-state index contributed by atoms with van der Waals surface area (Å²) in [6, 6.07) is 6.72. The van der Waals surface area contributed by atoms with Crippen LogP contribution in [0, 0.1) is 6.92 Å². The highest BCUT2D eigenvalue weighted by molar-refractivity contribution is 5.82. The molecule has 2 saturated heterocycles. The fraction of sp³-hybridized carbons (Fsp3) is 0.556. The number of aromatic nitrogens is 1. The quantitative estimate of drug-likeness (QED) is 0.913. The van der Waals surface area contributed by atoms with E-state index in [9.17, 15) is 4.79 Å². The van der Waals surface area contributed by atoms with Gasteiger partial charge in [0.25, 0.3) is 6.01 Å². The van der Waals surface area contributed by atoms with Crippen molar-refractivity contribution in [2.24, 2.45) is 0 Å². The number of anilines is 1. The topological polar surface area (TPSA) is 61.6 Å². The zero-order valence-corrected chi connectivity index (χ0v) is 14.1. The van der Waals surface area contributed by atoms with Gasteiger partial charge in [-0.15, -0.1) is 0 Å². The number of amides is 1. The van der Waals surface area contributed by atoms with Gasteiger partial charge in [0, 0.05) is 26.2 Å². The number of carbonyl (C=O) groups is 1. The van der Waals surface area contributed by atoms with E-state index < -0.39 is 0 Å². The number of carbonyl (C=O) groups excluding carboxylic acids is 1. The lowest BCUT2D eigenvalue weighted by Gasteiger charge is -2.36. The lowest BCUT2D eigenvalue weighted by Crippen LogP contribution is -2.55. The van der Waals surface area contributed by atoms with Crippen LogP contribution in [0.5, 0.6) is 0 Å². The Morgan fingerprint density at radius 1 is 1.25 bits per heavy atom. The smallest absolute Gasteiger partial charge is 0.298 e. The lowest BCUT2D eigenvalue weighted by atomic mass is 10.0. The summed E-state index contributed by atoms with van der Waals surface area (Å²) < 4.78 is 5.87. The Balaban J connectivity index is 1.40. The number of hydrogen-bond acceptors (Lipinski definition) is 5. The molecular formula is C18H24N4O2. The second-order valence-corrected chi connectivity index (χ2v) is 6.78. The molecule has 3 heterocycles. The van der Waals surface area contributed by atoms with Gasteiger partial charge in [-0.3, -0.25) is 4.79 Å². The van der Waals surface area contributed by atoms with Crippen molar-refractivity contribution in [2.75, 3.05) is 37.6 Å². The average molecular weight is 328 g/mol. The van der Waals surface area contributed by atoms with Crippen LogP contribution in [0.15, 0.2) is 22.6 Å². The third kappa shape index (κ3) is 2.98. The van der Waals surface area contributed by atoms with Crippen LogP contribution in [-0.2, 0) is 4.79 Å². The molecule has 6 nitrogen and oxygen atoms in total. The minimum absolute atomic E-state index is 0.0117. The van der Waals surface area contributed by atoms with Crippen molar-refractivity contribution >= 4 is 23.0 Å². The standard InChI is InChI=1S/C18H24N4O2/c1-13-5-6-16-15(12-13)20-18(24-16)22-10-8-21(9-11-22)17(23)14-4-2-3-7-19-14/h5-6,12,14,19H,2-4,7-11H2,1H3/t14-/m1/s1. The number of oxazole rings is 1. The van der Waals surface area contributed by atoms with Gasteiger partial charge in [0.1, 0.15) is 5.52 Å². The molecule has 4 rings (SSSR count). The number of nitrogens with zero attached hydrogens (tertiary/aromatic N) is 3. The SMILES string of the molecule is Cc1ccc2oc(N3CCN(C(=O)[C@H]4CCCCN4)CC3)nc2c1. The molecule has 2 aliphatic heterocycles. The number of fused-ring (bicyclic) bond motifs is 1. The highest BCUT2D eigenvalue weighted by Crippen LogP contribution is 2.24. The van der Waals surface area contributed by atoms with Gasteiger partial charge in [-0.2, -0.15) is 4.98 Å². The van der Waals surface area contributed by atoms with Crippen molar-refractivity contribution in [1.82, 2.24) is 15.2 Å². The molecule has 24 heavy (non-hydrogen) atoms. The summed E-state index contributed by atoms with van der Waals surface area (Å²) in [5.41, 5.74) is 2.90. The Morgan fingerprint density at radius 3 is 2.83 bits per heavy atom. The minimum atomic E-state index is 0.0117. The Bertz CT molecular complexity index is 728. The second kappa shape index (κ2) is 6.43. The number of aryl methyl sites for hydroxylation is 1. The van der Waals surface area contributed by atoms with Crippen LogP contribution in [0.2, 0.25) is 0 Å². The summed E-state index contributed by atoms with van der Waals surface area (Å²) in [5, 5.41) is 3.35. The highest BCUT2D eigenvalue weighted by Gasteiger charge is 2.29. The number of nitrogens with one attached hydrogen (secondary N) is 1. The van der Waals surface area contributed by atoms with Crippen molar-refractivity contribution in [3.8, 4) is 0 Å². The first-order valence-corrected chi connectivity index (χ1v) is 8.85. The number of benzene rings is 1. The molecule has 1 amide bonds. The van der Waals surface area contributed by atoms with Gasteiger partial charge in [-0.05, 0) is 44.0 Å². The second-order valence-electron chi connectivity index (χ2n) is 6.78. The molecule has 0 spiro atoms. The van der Waals surface area contributed by atoms with E-state index >= 15 is 0 Å². The predicted molar refractivity (Wildman–Crippen MR) is 93.2 cm³/mol. The number of rotatable bonds is 2. The Morgan fingerprint density at radius 2 is 2.08 bits per heavy atom. The van der Waals surface area contributed by atoms with E-state index in [1.165, 1.54) is 12.0 Å². The van der Waals surface area contributed by atoms with Gasteiger partial charge in [0.05, 0.1) is 6.04 Å². The van der Waals surface area contributed by atoms with E-state index in [4.69, 9.17) is 4.42 Å². The largest absolute Gasteiger partial charge is 0.423 e. The molecule has 0 saturated carbocycles. The van der Waals surface area contributed by atoms with Crippen molar-refractivity contribution in [3.05, 3.63) is 23.8 Å². The zero-order valence-electron chi connectivity index (χ0n) is 14.1. The third-order valence-corrected chi connectivity index (χ3v) is 5.00. The third-order valence-electron chi connectivity index (χ3n) is 5.00. The van der Waals surface area contributed by atoms with Crippen molar-refractivity contribution in [2.45, 2.75) is 32.2 Å². The van der Waals surface area contributed by atoms with Crippen molar-refractivity contribution in [1.29, 1.82) is 0 Å². The monoisotopic (exact) mass is 328 g/mol. The van der Waals surface area contributed by atoms with Gasteiger partial charge in [-0.25, -0.2) is 0 Å². The van der Waals surface area contributed by atoms with Crippen molar-refractivity contribution in [3.63, 3.8) is 0 Å². The maximum absolute atomic E-state index is 12.6. The molecule has 2 aliphatic rings. The van der Waals surface area contributed by atoms with Crippen LogP contribution < -0.4 is 10.2 Å². The van der Waals surface area contributed by atoms with E-state index in [1.807, 2.05) is 23.1 Å². The molecule has 0 bridgehead atoms. The zero-order chi connectivity index (χ0) is 16.5.